The number of amides is 1. The third-order valence-electron chi connectivity index (χ3n) is 5.70. The molecule has 0 saturated carbocycles. The van der Waals surface area contributed by atoms with Gasteiger partial charge < -0.3 is 19.5 Å². The van der Waals surface area contributed by atoms with Crippen molar-refractivity contribution in [2.24, 2.45) is 5.73 Å². The van der Waals surface area contributed by atoms with E-state index in [1.165, 1.54) is 48.8 Å². The lowest BCUT2D eigenvalue weighted by Crippen LogP contribution is -2.32. The average molecular weight is 518 g/mol. The van der Waals surface area contributed by atoms with Crippen LogP contribution in [-0.4, -0.2) is 33.3 Å². The van der Waals surface area contributed by atoms with Crippen molar-refractivity contribution in [1.29, 1.82) is 5.26 Å². The number of aromatic nitrogens is 3. The molecule has 0 fully saturated rings. The summed E-state index contributed by atoms with van der Waals surface area (Å²) in [6, 6.07) is 10.1. The van der Waals surface area contributed by atoms with E-state index in [0.717, 1.165) is 0 Å². The van der Waals surface area contributed by atoms with E-state index in [0.29, 0.717) is 33.0 Å². The van der Waals surface area contributed by atoms with Crippen LogP contribution < -0.4 is 16.0 Å². The number of ether oxygens (including phenoxy) is 1. The minimum Gasteiger partial charge on any atom is -0.495 e. The highest BCUT2D eigenvalue weighted by Gasteiger charge is 2.26. The van der Waals surface area contributed by atoms with Gasteiger partial charge in [-0.1, -0.05) is 17.7 Å². The maximum absolute atomic E-state index is 13.5. The minimum atomic E-state index is -0.978. The summed E-state index contributed by atoms with van der Waals surface area (Å²) in [5.74, 6) is -0.334. The summed E-state index contributed by atoms with van der Waals surface area (Å²) in [5, 5.41) is 9.93. The van der Waals surface area contributed by atoms with Gasteiger partial charge in [0.15, 0.2) is 12.2 Å². The number of primary amides is 1. The van der Waals surface area contributed by atoms with Crippen LogP contribution in [-0.2, 0) is 17.6 Å². The standard InChI is InChI=1S/C26H20ClN5O5/c1-36-24-13-32(25(34)9-20(24)19-7-17(27)4-3-16(19)10-28)22(8-18-12-30-14-37-18)23(33)6-15-2-5-21(26(29)35)31-11-15/h2-5,7,9,11-14,22H,6,8H2,1H3,(H2,29,35). The number of benzene rings is 1. The van der Waals surface area contributed by atoms with Crippen molar-refractivity contribution in [3.05, 3.63) is 99.3 Å². The molecule has 0 radical (unpaired) electrons. The Morgan fingerprint density at radius 2 is 2.03 bits per heavy atom. The highest BCUT2D eigenvalue weighted by Crippen LogP contribution is 2.33. The first-order chi connectivity index (χ1) is 17.8. The van der Waals surface area contributed by atoms with Crippen molar-refractivity contribution in [3.8, 4) is 22.9 Å². The van der Waals surface area contributed by atoms with Gasteiger partial charge in [-0.05, 0) is 29.8 Å². The highest BCUT2D eigenvalue weighted by atomic mass is 35.5. The van der Waals surface area contributed by atoms with Gasteiger partial charge >= 0.3 is 0 Å². The van der Waals surface area contributed by atoms with Crippen LogP contribution in [0.2, 0.25) is 5.02 Å². The molecule has 186 valence electrons. The number of halogens is 1. The van der Waals surface area contributed by atoms with Gasteiger partial charge in [0.2, 0.25) is 0 Å². The van der Waals surface area contributed by atoms with Crippen LogP contribution in [0.5, 0.6) is 5.75 Å². The van der Waals surface area contributed by atoms with Crippen LogP contribution in [0.1, 0.15) is 33.4 Å². The number of ketones is 1. The zero-order chi connectivity index (χ0) is 26.5. The molecule has 0 aliphatic carbocycles. The van der Waals surface area contributed by atoms with E-state index in [-0.39, 0.29) is 30.1 Å². The lowest BCUT2D eigenvalue weighted by molar-refractivity contribution is -0.121. The molecule has 37 heavy (non-hydrogen) atoms. The summed E-state index contributed by atoms with van der Waals surface area (Å²) in [6.45, 7) is 0. The molecule has 0 aliphatic heterocycles. The van der Waals surface area contributed by atoms with Gasteiger partial charge in [-0.2, -0.15) is 5.26 Å². The monoisotopic (exact) mass is 517 g/mol. The first-order valence-electron chi connectivity index (χ1n) is 11.0. The second-order valence-corrected chi connectivity index (χ2v) is 8.49. The fourth-order valence-corrected chi connectivity index (χ4v) is 4.05. The largest absolute Gasteiger partial charge is 0.495 e. The summed E-state index contributed by atoms with van der Waals surface area (Å²) >= 11 is 6.14. The fraction of sp³-hybridized carbons (Fsp3) is 0.154. The zero-order valence-corrected chi connectivity index (χ0v) is 20.3. The van der Waals surface area contributed by atoms with Crippen molar-refractivity contribution in [2.75, 3.05) is 7.11 Å². The average Bonchev–Trinajstić information content (AvgIpc) is 3.41. The molecule has 10 nitrogen and oxygen atoms in total. The number of rotatable bonds is 9. The molecule has 4 rings (SSSR count). The van der Waals surface area contributed by atoms with E-state index in [1.54, 1.807) is 24.3 Å². The Kier molecular flexibility index (Phi) is 7.46. The topological polar surface area (TPSA) is 154 Å². The minimum absolute atomic E-state index is 0.0502. The van der Waals surface area contributed by atoms with E-state index in [1.807, 2.05) is 0 Å². The van der Waals surface area contributed by atoms with E-state index in [4.69, 9.17) is 26.5 Å². The second kappa shape index (κ2) is 10.9. The molecule has 4 aromatic rings. The van der Waals surface area contributed by atoms with Crippen LogP contribution in [0.3, 0.4) is 0 Å². The molecule has 0 aliphatic rings. The molecular weight excluding hydrogens is 498 g/mol. The number of hydrogen-bond donors (Lipinski definition) is 1. The maximum atomic E-state index is 13.5. The Morgan fingerprint density at radius 1 is 1.22 bits per heavy atom. The highest BCUT2D eigenvalue weighted by molar-refractivity contribution is 6.31. The first kappa shape index (κ1) is 25.3. The molecule has 0 spiro atoms. The Balaban J connectivity index is 1.76. The Morgan fingerprint density at radius 3 is 2.65 bits per heavy atom. The zero-order valence-electron chi connectivity index (χ0n) is 19.6. The maximum Gasteiger partial charge on any atom is 0.267 e. The van der Waals surface area contributed by atoms with Crippen molar-refractivity contribution in [3.63, 3.8) is 0 Å². The third-order valence-corrected chi connectivity index (χ3v) is 5.93. The SMILES string of the molecule is COc1cn(C(Cc2cnco2)C(=O)Cc2ccc(C(N)=O)nc2)c(=O)cc1-c1cc(Cl)ccc1C#N. The van der Waals surface area contributed by atoms with E-state index < -0.39 is 17.5 Å². The molecule has 1 unspecified atom stereocenters. The molecule has 2 N–H and O–H groups in total. The van der Waals surface area contributed by atoms with Crippen LogP contribution in [0.4, 0.5) is 0 Å². The number of methoxy groups -OCH3 is 1. The number of hydrogen-bond acceptors (Lipinski definition) is 8. The molecule has 1 atom stereocenters. The molecule has 1 amide bonds. The van der Waals surface area contributed by atoms with Gasteiger partial charge in [0, 0.05) is 41.3 Å². The smallest absolute Gasteiger partial charge is 0.267 e. The summed E-state index contributed by atoms with van der Waals surface area (Å²) < 4.78 is 12.1. The number of pyridine rings is 2. The van der Waals surface area contributed by atoms with Crippen molar-refractivity contribution in [1.82, 2.24) is 14.5 Å². The summed E-state index contributed by atoms with van der Waals surface area (Å²) in [7, 11) is 1.42. The van der Waals surface area contributed by atoms with Crippen LogP contribution in [0.15, 0.2) is 70.6 Å². The number of oxazole rings is 1. The molecule has 3 heterocycles. The van der Waals surface area contributed by atoms with Crippen LogP contribution in [0, 0.1) is 11.3 Å². The molecule has 0 bridgehead atoms. The Hall–Kier alpha value is -4.75. The summed E-state index contributed by atoms with van der Waals surface area (Å²) in [6.07, 6.45) is 5.48. The fourth-order valence-electron chi connectivity index (χ4n) is 3.88. The van der Waals surface area contributed by atoms with E-state index in [9.17, 15) is 19.6 Å². The first-order valence-corrected chi connectivity index (χ1v) is 11.3. The van der Waals surface area contributed by atoms with Crippen molar-refractivity contribution >= 4 is 23.3 Å². The second-order valence-electron chi connectivity index (χ2n) is 8.05. The van der Waals surface area contributed by atoms with Gasteiger partial charge in [-0.15, -0.1) is 0 Å². The Bertz CT molecular complexity index is 1560. The van der Waals surface area contributed by atoms with Gasteiger partial charge in [-0.3, -0.25) is 19.4 Å². The van der Waals surface area contributed by atoms with Crippen molar-refractivity contribution < 1.29 is 18.7 Å². The van der Waals surface area contributed by atoms with Gasteiger partial charge in [-0.25, -0.2) is 4.98 Å². The summed E-state index contributed by atoms with van der Waals surface area (Å²) in [4.78, 5) is 46.0. The number of Topliss-reactive ketones (excluding diaryl/α,β-unsaturated/α-hetero) is 1. The van der Waals surface area contributed by atoms with Crippen molar-refractivity contribution in [2.45, 2.75) is 18.9 Å². The van der Waals surface area contributed by atoms with Crippen LogP contribution >= 0.6 is 11.6 Å². The number of nitriles is 1. The molecule has 0 saturated heterocycles. The lowest BCUT2D eigenvalue weighted by atomic mass is 9.98. The lowest BCUT2D eigenvalue weighted by Gasteiger charge is -2.20. The molecule has 11 heteroatoms. The van der Waals surface area contributed by atoms with Crippen LogP contribution in [0.25, 0.3) is 11.1 Å². The van der Waals surface area contributed by atoms with Gasteiger partial charge in [0.05, 0.1) is 31.1 Å². The molecule has 3 aromatic heterocycles. The number of carbonyl (C=O) groups excluding carboxylic acids is 2. The quantitative estimate of drug-likeness (QED) is 0.355. The van der Waals surface area contributed by atoms with Gasteiger partial charge in [0.1, 0.15) is 23.2 Å². The third kappa shape index (κ3) is 5.58. The normalized spacial score (nSPS) is 11.5. The van der Waals surface area contributed by atoms with E-state index in [2.05, 4.69) is 16.0 Å². The summed E-state index contributed by atoms with van der Waals surface area (Å²) in [5.41, 5.74) is 6.43. The number of nitrogens with two attached hydrogens (primary N) is 1. The predicted octanol–water partition coefficient (Wildman–Crippen LogP) is 3.13. The van der Waals surface area contributed by atoms with E-state index >= 15 is 0 Å². The predicted molar refractivity (Wildman–Crippen MR) is 133 cm³/mol. The van der Waals surface area contributed by atoms with Gasteiger partial charge in [0.25, 0.3) is 11.5 Å². The Labute approximate surface area is 215 Å². The number of carbonyl (C=O) groups is 2. The molecule has 1 aromatic carbocycles. The number of nitrogens with zero attached hydrogens (tertiary/aromatic N) is 4. The molecular formula is C26H20ClN5O5.